The lowest BCUT2D eigenvalue weighted by molar-refractivity contribution is -0.147. The maximum Gasteiger partial charge on any atom is 0.303 e. The van der Waals surface area contributed by atoms with Crippen LogP contribution >= 0.6 is 0 Å². The topological polar surface area (TPSA) is 32.8 Å². The average molecular weight is 262 g/mol. The Balaban J connectivity index is 2.00. The van der Waals surface area contributed by atoms with E-state index in [1.807, 2.05) is 30.3 Å². The highest BCUT2D eigenvalue weighted by Gasteiger charge is 2.21. The maximum atomic E-state index is 11.3. The van der Waals surface area contributed by atoms with Gasteiger partial charge < -0.3 is 9.64 Å². The predicted octanol–water partition coefficient (Wildman–Crippen LogP) is 1.54. The van der Waals surface area contributed by atoms with Crippen molar-refractivity contribution in [1.82, 2.24) is 9.80 Å². The molecule has 1 aromatic rings. The summed E-state index contributed by atoms with van der Waals surface area (Å²) in [6.07, 6.45) is -0.165. The molecule has 0 unspecified atom stereocenters. The van der Waals surface area contributed by atoms with E-state index in [0.29, 0.717) is 0 Å². The molecule has 0 N–H and O–H groups in total. The Hall–Kier alpha value is -1.39. The van der Waals surface area contributed by atoms with Gasteiger partial charge in [0.05, 0.1) is 0 Å². The van der Waals surface area contributed by atoms with Crippen LogP contribution in [0.3, 0.4) is 0 Å². The van der Waals surface area contributed by atoms with E-state index in [0.717, 1.165) is 38.3 Å². The van der Waals surface area contributed by atoms with Gasteiger partial charge in [0.25, 0.3) is 0 Å². The molecule has 0 amide bonds. The number of carbonyl (C=O) groups is 1. The van der Waals surface area contributed by atoms with Crippen LogP contribution in [0.5, 0.6) is 0 Å². The molecule has 104 valence electrons. The van der Waals surface area contributed by atoms with Gasteiger partial charge in [-0.2, -0.15) is 0 Å². The van der Waals surface area contributed by atoms with Crippen LogP contribution in [0, 0.1) is 0 Å². The van der Waals surface area contributed by atoms with Crippen LogP contribution in [-0.4, -0.2) is 55.5 Å². The first-order chi connectivity index (χ1) is 9.15. The van der Waals surface area contributed by atoms with Crippen molar-refractivity contribution in [3.8, 4) is 0 Å². The van der Waals surface area contributed by atoms with Gasteiger partial charge in [-0.15, -0.1) is 0 Å². The fraction of sp³-hybridized carbons (Fsp3) is 0.533. The molecule has 0 radical (unpaired) electrons. The summed E-state index contributed by atoms with van der Waals surface area (Å²) in [6.45, 7) is 6.45. The van der Waals surface area contributed by atoms with E-state index in [4.69, 9.17) is 4.74 Å². The van der Waals surface area contributed by atoms with Crippen LogP contribution in [-0.2, 0) is 9.53 Å². The molecule has 0 spiro atoms. The van der Waals surface area contributed by atoms with Crippen molar-refractivity contribution in [1.29, 1.82) is 0 Å². The van der Waals surface area contributed by atoms with Crippen LogP contribution in [0.1, 0.15) is 18.6 Å². The molecule has 0 bridgehead atoms. The second-order valence-electron chi connectivity index (χ2n) is 5.11. The molecule has 4 heteroatoms. The molecule has 0 saturated carbocycles. The molecular weight excluding hydrogens is 240 g/mol. The van der Waals surface area contributed by atoms with Gasteiger partial charge in [-0.1, -0.05) is 30.3 Å². The van der Waals surface area contributed by atoms with E-state index >= 15 is 0 Å². The number of nitrogens with zero attached hydrogens (tertiary/aromatic N) is 2. The van der Waals surface area contributed by atoms with Gasteiger partial charge in [-0.05, 0) is 12.6 Å². The van der Waals surface area contributed by atoms with Crippen LogP contribution in [0.25, 0.3) is 0 Å². The molecule has 1 aliphatic rings. The summed E-state index contributed by atoms with van der Waals surface area (Å²) in [5, 5.41) is 0. The van der Waals surface area contributed by atoms with Gasteiger partial charge in [-0.3, -0.25) is 9.69 Å². The van der Waals surface area contributed by atoms with E-state index in [2.05, 4.69) is 16.8 Å². The zero-order valence-corrected chi connectivity index (χ0v) is 11.7. The Bertz CT molecular complexity index is 400. The summed E-state index contributed by atoms with van der Waals surface area (Å²) < 4.78 is 5.47. The van der Waals surface area contributed by atoms with Gasteiger partial charge in [0.15, 0.2) is 0 Å². The average Bonchev–Trinajstić information content (AvgIpc) is 2.41. The summed E-state index contributed by atoms with van der Waals surface area (Å²) in [5.41, 5.74) is 1.07. The number of rotatable bonds is 4. The highest BCUT2D eigenvalue weighted by Crippen LogP contribution is 2.19. The van der Waals surface area contributed by atoms with Crippen molar-refractivity contribution in [3.63, 3.8) is 0 Å². The Labute approximate surface area is 115 Å². The molecule has 0 aliphatic carbocycles. The minimum absolute atomic E-state index is 0.165. The molecule has 0 aromatic heterocycles. The zero-order valence-electron chi connectivity index (χ0n) is 11.7. The van der Waals surface area contributed by atoms with Crippen LogP contribution in [0.2, 0.25) is 0 Å². The molecule has 2 rings (SSSR count). The van der Waals surface area contributed by atoms with Crippen molar-refractivity contribution >= 4 is 5.97 Å². The van der Waals surface area contributed by atoms with Crippen molar-refractivity contribution in [3.05, 3.63) is 35.9 Å². The first-order valence-electron chi connectivity index (χ1n) is 6.78. The first-order valence-corrected chi connectivity index (χ1v) is 6.78. The predicted molar refractivity (Wildman–Crippen MR) is 74.9 cm³/mol. The quantitative estimate of drug-likeness (QED) is 0.771. The minimum Gasteiger partial charge on any atom is -0.456 e. The zero-order chi connectivity index (χ0) is 13.7. The summed E-state index contributed by atoms with van der Waals surface area (Å²) in [6, 6.07) is 9.98. The van der Waals surface area contributed by atoms with Gasteiger partial charge in [0.2, 0.25) is 0 Å². The molecule has 19 heavy (non-hydrogen) atoms. The lowest BCUT2D eigenvalue weighted by atomic mass is 10.1. The van der Waals surface area contributed by atoms with E-state index in [-0.39, 0.29) is 12.1 Å². The van der Waals surface area contributed by atoms with Gasteiger partial charge in [0.1, 0.15) is 6.10 Å². The SMILES string of the molecule is CC(=O)O[C@H](CN1CCN(C)CC1)c1ccccc1. The Kier molecular flexibility index (Phi) is 4.93. The standard InChI is InChI=1S/C15H22N2O2/c1-13(18)19-15(14-6-4-3-5-7-14)12-17-10-8-16(2)9-11-17/h3-7,15H,8-12H2,1-2H3/t15-/m1/s1. The number of carbonyl (C=O) groups excluding carboxylic acids is 1. The summed E-state index contributed by atoms with van der Waals surface area (Å²) >= 11 is 0. The molecule has 1 saturated heterocycles. The van der Waals surface area contributed by atoms with E-state index < -0.39 is 0 Å². The van der Waals surface area contributed by atoms with Gasteiger partial charge in [0, 0.05) is 39.6 Å². The molecule has 1 heterocycles. The van der Waals surface area contributed by atoms with Crippen molar-refractivity contribution in [2.45, 2.75) is 13.0 Å². The van der Waals surface area contributed by atoms with E-state index in [1.165, 1.54) is 6.92 Å². The highest BCUT2D eigenvalue weighted by molar-refractivity contribution is 5.66. The number of benzene rings is 1. The monoisotopic (exact) mass is 262 g/mol. The Morgan fingerprint density at radius 2 is 1.84 bits per heavy atom. The van der Waals surface area contributed by atoms with Crippen molar-refractivity contribution in [2.75, 3.05) is 39.8 Å². The molecule has 1 fully saturated rings. The number of hydrogen-bond donors (Lipinski definition) is 0. The number of likely N-dealkylation sites (N-methyl/N-ethyl adjacent to an activating group) is 1. The Morgan fingerprint density at radius 3 is 2.42 bits per heavy atom. The normalized spacial score (nSPS) is 19.1. The second-order valence-corrected chi connectivity index (χ2v) is 5.11. The largest absolute Gasteiger partial charge is 0.456 e. The number of hydrogen-bond acceptors (Lipinski definition) is 4. The maximum absolute atomic E-state index is 11.3. The van der Waals surface area contributed by atoms with Crippen molar-refractivity contribution in [2.24, 2.45) is 0 Å². The van der Waals surface area contributed by atoms with Crippen molar-refractivity contribution < 1.29 is 9.53 Å². The summed E-state index contributed by atoms with van der Waals surface area (Å²) in [5.74, 6) is -0.219. The first kappa shape index (κ1) is 14.0. The summed E-state index contributed by atoms with van der Waals surface area (Å²) in [7, 11) is 2.14. The number of ether oxygens (including phenoxy) is 1. The highest BCUT2D eigenvalue weighted by atomic mass is 16.5. The molecular formula is C15H22N2O2. The number of esters is 1. The molecule has 1 aliphatic heterocycles. The third-order valence-electron chi connectivity index (χ3n) is 3.50. The van der Waals surface area contributed by atoms with E-state index in [9.17, 15) is 4.79 Å². The van der Waals surface area contributed by atoms with Crippen LogP contribution in [0.4, 0.5) is 0 Å². The third-order valence-corrected chi connectivity index (χ3v) is 3.50. The lowest BCUT2D eigenvalue weighted by Crippen LogP contribution is -2.46. The second kappa shape index (κ2) is 6.68. The molecule has 1 aromatic carbocycles. The Morgan fingerprint density at radius 1 is 1.21 bits per heavy atom. The summed E-state index contributed by atoms with van der Waals surface area (Å²) in [4.78, 5) is 16.0. The lowest BCUT2D eigenvalue weighted by Gasteiger charge is -2.34. The fourth-order valence-electron chi connectivity index (χ4n) is 2.34. The van der Waals surface area contributed by atoms with Crippen LogP contribution < -0.4 is 0 Å². The van der Waals surface area contributed by atoms with E-state index in [1.54, 1.807) is 0 Å². The minimum atomic E-state index is -0.219. The molecule has 1 atom stereocenters. The fourth-order valence-corrected chi connectivity index (χ4v) is 2.34. The smallest absolute Gasteiger partial charge is 0.303 e. The van der Waals surface area contributed by atoms with Gasteiger partial charge >= 0.3 is 5.97 Å². The van der Waals surface area contributed by atoms with Crippen LogP contribution in [0.15, 0.2) is 30.3 Å². The molecule has 4 nitrogen and oxygen atoms in total. The third kappa shape index (κ3) is 4.33. The van der Waals surface area contributed by atoms with Gasteiger partial charge in [-0.25, -0.2) is 0 Å². The number of piperazine rings is 1.